The summed E-state index contributed by atoms with van der Waals surface area (Å²) in [4.78, 5) is 22.8. The van der Waals surface area contributed by atoms with Crippen molar-refractivity contribution >= 4 is 55.3 Å². The first-order chi connectivity index (χ1) is 16.2. The lowest BCUT2D eigenvalue weighted by Gasteiger charge is -2.16. The topological polar surface area (TPSA) is 64.1 Å². The molecule has 5 aromatic rings. The Kier molecular flexibility index (Phi) is 6.24. The number of thioether (sulfide) groups is 1. The van der Waals surface area contributed by atoms with E-state index in [1.54, 1.807) is 0 Å². The smallest absolute Gasteiger partial charge is 0.244 e. The average Bonchev–Trinajstić information content (AvgIpc) is 3.24. The van der Waals surface area contributed by atoms with Crippen LogP contribution in [0.15, 0.2) is 90.0 Å². The Morgan fingerprint density at radius 2 is 1.79 bits per heavy atom. The second-order valence-electron chi connectivity index (χ2n) is 7.32. The van der Waals surface area contributed by atoms with Gasteiger partial charge in [0, 0.05) is 11.5 Å². The van der Waals surface area contributed by atoms with E-state index in [0.717, 1.165) is 37.5 Å². The number of rotatable bonds is 7. The predicted octanol–water partition coefficient (Wildman–Crippen LogP) is 6.72. The van der Waals surface area contributed by atoms with E-state index in [1.165, 1.54) is 23.1 Å². The van der Waals surface area contributed by atoms with Crippen LogP contribution >= 0.6 is 23.1 Å². The number of carbonyl (C=O) groups excluding carboxylic acids is 1. The van der Waals surface area contributed by atoms with Crippen LogP contribution in [0.4, 0.5) is 5.13 Å². The third kappa shape index (κ3) is 4.84. The highest BCUT2D eigenvalue weighted by Crippen LogP contribution is 2.37. The monoisotopic (exact) mass is 471 g/mol. The van der Waals surface area contributed by atoms with Crippen LogP contribution < -0.4 is 10.1 Å². The van der Waals surface area contributed by atoms with Crippen molar-refractivity contribution in [3.63, 3.8) is 0 Å². The molecule has 0 aliphatic rings. The number of pyridine rings is 1. The molecule has 164 valence electrons. The van der Waals surface area contributed by atoms with Gasteiger partial charge in [-0.15, -0.1) is 0 Å². The highest BCUT2D eigenvalue weighted by atomic mass is 32.2. The summed E-state index contributed by atoms with van der Waals surface area (Å²) in [6, 6.07) is 27.5. The molecule has 5 rings (SSSR count). The first kappa shape index (κ1) is 21.4. The molecular formula is C26H21N3O2S2. The number of carbonyl (C=O) groups is 1. The van der Waals surface area contributed by atoms with Gasteiger partial charge in [-0.2, -0.15) is 0 Å². The highest BCUT2D eigenvalue weighted by Gasteiger charge is 2.24. The molecule has 1 amide bonds. The summed E-state index contributed by atoms with van der Waals surface area (Å²) in [6.07, 6.45) is 0. The molecule has 5 nitrogen and oxygen atoms in total. The van der Waals surface area contributed by atoms with Crippen molar-refractivity contribution in [2.45, 2.75) is 17.2 Å². The van der Waals surface area contributed by atoms with Gasteiger partial charge in [-0.05, 0) is 36.8 Å². The Balaban J connectivity index is 1.42. The van der Waals surface area contributed by atoms with Crippen molar-refractivity contribution in [1.29, 1.82) is 0 Å². The third-order valence-corrected chi connectivity index (χ3v) is 7.19. The van der Waals surface area contributed by atoms with E-state index in [4.69, 9.17) is 9.72 Å². The molecule has 33 heavy (non-hydrogen) atoms. The van der Waals surface area contributed by atoms with Crippen LogP contribution in [-0.2, 0) is 4.79 Å². The normalized spacial score (nSPS) is 12.0. The molecule has 0 saturated carbocycles. The number of benzene rings is 3. The summed E-state index contributed by atoms with van der Waals surface area (Å²) in [5.41, 5.74) is 2.63. The molecule has 0 aliphatic heterocycles. The second-order valence-corrected chi connectivity index (χ2v) is 9.48. The van der Waals surface area contributed by atoms with Gasteiger partial charge in [0.1, 0.15) is 11.0 Å². The number of amides is 1. The van der Waals surface area contributed by atoms with Crippen molar-refractivity contribution < 1.29 is 9.53 Å². The van der Waals surface area contributed by atoms with Gasteiger partial charge in [0.05, 0.1) is 27.4 Å². The first-order valence-electron chi connectivity index (χ1n) is 10.6. The largest absolute Gasteiger partial charge is 0.494 e. The quantitative estimate of drug-likeness (QED) is 0.267. The van der Waals surface area contributed by atoms with Crippen LogP contribution in [0.25, 0.3) is 21.1 Å². The molecule has 3 aromatic carbocycles. The van der Waals surface area contributed by atoms with Crippen LogP contribution in [0.1, 0.15) is 17.7 Å². The molecule has 0 fully saturated rings. The molecule has 2 heterocycles. The van der Waals surface area contributed by atoms with Gasteiger partial charge in [-0.25, -0.2) is 9.97 Å². The Hall–Kier alpha value is -3.42. The minimum atomic E-state index is -0.467. The Labute approximate surface area is 199 Å². The maximum Gasteiger partial charge on any atom is 0.244 e. The average molecular weight is 472 g/mol. The first-order valence-corrected chi connectivity index (χ1v) is 12.3. The lowest BCUT2D eigenvalue weighted by molar-refractivity contribution is -0.115. The summed E-state index contributed by atoms with van der Waals surface area (Å²) in [5.74, 6) is 0.638. The van der Waals surface area contributed by atoms with E-state index in [1.807, 2.05) is 91.9 Å². The summed E-state index contributed by atoms with van der Waals surface area (Å²) in [6.45, 7) is 2.54. The molecule has 1 N–H and O–H groups in total. The molecule has 0 bridgehead atoms. The number of fused-ring (bicyclic) bond motifs is 2. The number of aromatic nitrogens is 2. The Bertz CT molecular complexity index is 1420. The van der Waals surface area contributed by atoms with Gasteiger partial charge < -0.3 is 10.1 Å². The molecule has 0 aliphatic carbocycles. The Morgan fingerprint density at radius 1 is 0.970 bits per heavy atom. The molecule has 2 aromatic heterocycles. The van der Waals surface area contributed by atoms with Gasteiger partial charge in [0.2, 0.25) is 5.91 Å². The maximum atomic E-state index is 13.4. The fourth-order valence-electron chi connectivity index (χ4n) is 3.52. The van der Waals surface area contributed by atoms with Gasteiger partial charge >= 0.3 is 0 Å². The molecule has 1 unspecified atom stereocenters. The number of para-hydroxylation sites is 1. The standard InChI is InChI=1S/C26H21N3O2S2/c1-2-31-19-13-14-22-21(16-19)28-26(32-22)29-25(30)24(18-9-4-3-5-10-18)33-23-15-12-17-8-6-7-11-20(17)27-23/h3-16,24H,2H2,1H3,(H,28,29,30). The maximum absolute atomic E-state index is 13.4. The van der Waals surface area contributed by atoms with E-state index in [-0.39, 0.29) is 5.91 Å². The fraction of sp³-hybridized carbons (Fsp3) is 0.115. The van der Waals surface area contributed by atoms with Crippen molar-refractivity contribution in [3.05, 3.63) is 90.5 Å². The van der Waals surface area contributed by atoms with Crippen molar-refractivity contribution in [1.82, 2.24) is 9.97 Å². The zero-order valence-electron chi connectivity index (χ0n) is 17.9. The lowest BCUT2D eigenvalue weighted by atomic mass is 10.1. The number of hydrogen-bond acceptors (Lipinski definition) is 6. The van der Waals surface area contributed by atoms with E-state index in [0.29, 0.717) is 11.7 Å². The lowest BCUT2D eigenvalue weighted by Crippen LogP contribution is -2.19. The summed E-state index contributed by atoms with van der Waals surface area (Å²) in [7, 11) is 0. The highest BCUT2D eigenvalue weighted by molar-refractivity contribution is 8.00. The molecule has 1 atom stereocenters. The van der Waals surface area contributed by atoms with Gasteiger partial charge in [-0.1, -0.05) is 77.7 Å². The van der Waals surface area contributed by atoms with Gasteiger partial charge in [0.15, 0.2) is 5.13 Å². The summed E-state index contributed by atoms with van der Waals surface area (Å²) in [5, 5.41) is 4.98. The zero-order valence-corrected chi connectivity index (χ0v) is 19.5. The van der Waals surface area contributed by atoms with Gasteiger partial charge in [-0.3, -0.25) is 4.79 Å². The van der Waals surface area contributed by atoms with E-state index in [9.17, 15) is 4.79 Å². The number of nitrogens with one attached hydrogen (secondary N) is 1. The fourth-order valence-corrected chi connectivity index (χ4v) is 5.37. The second kappa shape index (κ2) is 9.60. The van der Waals surface area contributed by atoms with Crippen LogP contribution in [0.5, 0.6) is 5.75 Å². The van der Waals surface area contributed by atoms with Crippen LogP contribution in [-0.4, -0.2) is 22.5 Å². The SMILES string of the molecule is CCOc1ccc2sc(NC(=O)C(Sc3ccc4ccccc4n3)c3ccccc3)nc2c1. The van der Waals surface area contributed by atoms with Crippen LogP contribution in [0, 0.1) is 0 Å². The molecule has 0 radical (unpaired) electrons. The van der Waals surface area contributed by atoms with Crippen LogP contribution in [0.3, 0.4) is 0 Å². The zero-order chi connectivity index (χ0) is 22.6. The number of ether oxygens (including phenoxy) is 1. The number of nitrogens with zero attached hydrogens (tertiary/aromatic N) is 2. The molecular weight excluding hydrogens is 450 g/mol. The van der Waals surface area contributed by atoms with Crippen molar-refractivity contribution in [3.8, 4) is 5.75 Å². The van der Waals surface area contributed by atoms with E-state index >= 15 is 0 Å². The Morgan fingerprint density at radius 3 is 2.64 bits per heavy atom. The van der Waals surface area contributed by atoms with E-state index in [2.05, 4.69) is 10.3 Å². The van der Waals surface area contributed by atoms with Crippen molar-refractivity contribution in [2.24, 2.45) is 0 Å². The number of thiazole rings is 1. The summed E-state index contributed by atoms with van der Waals surface area (Å²) >= 11 is 2.88. The minimum Gasteiger partial charge on any atom is -0.494 e. The molecule has 0 saturated heterocycles. The summed E-state index contributed by atoms with van der Waals surface area (Å²) < 4.78 is 6.56. The number of hydrogen-bond donors (Lipinski definition) is 1. The third-order valence-electron chi connectivity index (χ3n) is 5.05. The predicted molar refractivity (Wildman–Crippen MR) is 136 cm³/mol. The van der Waals surface area contributed by atoms with Crippen LogP contribution in [0.2, 0.25) is 0 Å². The molecule has 0 spiro atoms. The number of anilines is 1. The molecule has 7 heteroatoms. The van der Waals surface area contributed by atoms with Crippen molar-refractivity contribution in [2.75, 3.05) is 11.9 Å². The van der Waals surface area contributed by atoms with E-state index < -0.39 is 5.25 Å². The van der Waals surface area contributed by atoms with Gasteiger partial charge in [0.25, 0.3) is 0 Å². The minimum absolute atomic E-state index is 0.134.